The number of hydrogen-bond acceptors (Lipinski definition) is 6. The molecule has 1 aliphatic heterocycles. The topological polar surface area (TPSA) is 88.4 Å². The lowest BCUT2D eigenvalue weighted by atomic mass is 9.63. The number of carbonyl (C=O) groups is 1. The molecule has 0 aromatic carbocycles. The highest BCUT2D eigenvalue weighted by Gasteiger charge is 2.67. The largest absolute Gasteiger partial charge is 0.461 e. The highest BCUT2D eigenvalue weighted by molar-refractivity contribution is 6.37. The Labute approximate surface area is 123 Å². The van der Waals surface area contributed by atoms with Crippen molar-refractivity contribution in [1.82, 2.24) is 0 Å². The quantitative estimate of drug-likeness (QED) is 0.716. The Hall–Kier alpha value is -1.14. The van der Waals surface area contributed by atoms with Crippen molar-refractivity contribution in [2.75, 3.05) is 6.61 Å². The maximum absolute atomic E-state index is 12.0. The fourth-order valence-corrected chi connectivity index (χ4v) is 5.32. The fraction of sp³-hybridized carbons (Fsp3) is 0.867. The molecule has 0 aromatic rings. The van der Waals surface area contributed by atoms with Crippen LogP contribution >= 0.6 is 0 Å². The molecule has 3 fully saturated rings. The van der Waals surface area contributed by atoms with Gasteiger partial charge in [0.15, 0.2) is 5.71 Å². The second kappa shape index (κ2) is 4.68. The summed E-state index contributed by atoms with van der Waals surface area (Å²) in [7, 11) is 0. The Morgan fingerprint density at radius 3 is 2.62 bits per heavy atom. The number of nitrogens with zero attached hydrogens (tertiary/aromatic N) is 1. The molecule has 3 saturated carbocycles. The van der Waals surface area contributed by atoms with Gasteiger partial charge in [-0.2, -0.15) is 0 Å². The molecule has 2 bridgehead atoms. The monoisotopic (exact) mass is 295 g/mol. The van der Waals surface area contributed by atoms with Crippen LogP contribution in [0.15, 0.2) is 5.16 Å². The van der Waals surface area contributed by atoms with Gasteiger partial charge in [-0.05, 0) is 43.9 Å². The average molecular weight is 295 g/mol. The molecule has 1 heterocycles. The highest BCUT2D eigenvalue weighted by atomic mass is 16.6. The summed E-state index contributed by atoms with van der Waals surface area (Å²) in [6.07, 6.45) is 1.29. The van der Waals surface area contributed by atoms with Gasteiger partial charge in [0.25, 0.3) is 0 Å². The SMILES string of the molecule is CCOC(=O)C1=NO[C@@H]2[C@H]1[C@@H]1C[C@H]2C2C1[C@@H](O)CC[C@H]2O. The van der Waals surface area contributed by atoms with Gasteiger partial charge in [-0.15, -0.1) is 0 Å². The summed E-state index contributed by atoms with van der Waals surface area (Å²) in [5.41, 5.74) is 0.375. The lowest BCUT2D eigenvalue weighted by Gasteiger charge is -2.44. The van der Waals surface area contributed by atoms with Crippen LogP contribution in [0.1, 0.15) is 26.2 Å². The standard InChI is InChI=1S/C15H21NO5/c1-2-20-15(19)13-12-6-5-7(14(12)21-16-13)11-9(18)4-3-8(17)10(6)11/h6-12,14,17-18H,2-5H2,1H3/t6-,7+,8+,9-,10?,11?,12+,14+/m1/s1. The molecular formula is C15H21NO5. The number of carbonyl (C=O) groups excluding carboxylic acids is 1. The molecular weight excluding hydrogens is 274 g/mol. The van der Waals surface area contributed by atoms with Crippen LogP contribution in [0.3, 0.4) is 0 Å². The average Bonchev–Trinajstić information content (AvgIpc) is 3.12. The van der Waals surface area contributed by atoms with Gasteiger partial charge in [0.05, 0.1) is 24.7 Å². The fourth-order valence-electron chi connectivity index (χ4n) is 5.32. The minimum Gasteiger partial charge on any atom is -0.461 e. The van der Waals surface area contributed by atoms with E-state index in [2.05, 4.69) is 5.16 Å². The van der Waals surface area contributed by atoms with Crippen molar-refractivity contribution < 1.29 is 24.6 Å². The predicted octanol–water partition coefficient (Wildman–Crippen LogP) is 0.318. The number of fused-ring (bicyclic) bond motifs is 8. The first-order valence-corrected chi connectivity index (χ1v) is 7.90. The number of aliphatic hydroxyl groups is 2. The van der Waals surface area contributed by atoms with E-state index in [-0.39, 0.29) is 41.8 Å². The second-order valence-electron chi connectivity index (χ2n) is 6.72. The van der Waals surface area contributed by atoms with Crippen LogP contribution in [0.5, 0.6) is 0 Å². The van der Waals surface area contributed by atoms with Crippen molar-refractivity contribution in [2.45, 2.75) is 44.5 Å². The molecule has 0 spiro atoms. The maximum Gasteiger partial charge on any atom is 0.356 e. The highest BCUT2D eigenvalue weighted by Crippen LogP contribution is 2.62. The zero-order valence-electron chi connectivity index (χ0n) is 12.0. The van der Waals surface area contributed by atoms with Crippen molar-refractivity contribution in [3.05, 3.63) is 0 Å². The molecule has 8 atom stereocenters. The Kier molecular flexibility index (Phi) is 3.01. The van der Waals surface area contributed by atoms with Crippen molar-refractivity contribution in [3.63, 3.8) is 0 Å². The Morgan fingerprint density at radius 2 is 1.95 bits per heavy atom. The van der Waals surface area contributed by atoms with Crippen molar-refractivity contribution in [3.8, 4) is 0 Å². The van der Waals surface area contributed by atoms with Gasteiger partial charge < -0.3 is 19.8 Å². The minimum absolute atomic E-state index is 0.0568. The molecule has 116 valence electrons. The first kappa shape index (κ1) is 13.5. The summed E-state index contributed by atoms with van der Waals surface area (Å²) >= 11 is 0. The lowest BCUT2D eigenvalue weighted by Crippen LogP contribution is -2.51. The summed E-state index contributed by atoms with van der Waals surface area (Å²) in [5.74, 6) is 0.0134. The molecule has 0 amide bonds. The molecule has 2 unspecified atom stereocenters. The molecule has 21 heavy (non-hydrogen) atoms. The minimum atomic E-state index is -0.403. The van der Waals surface area contributed by atoms with E-state index >= 15 is 0 Å². The predicted molar refractivity (Wildman–Crippen MR) is 72.3 cm³/mol. The number of ether oxygens (including phenoxy) is 1. The van der Waals surface area contributed by atoms with Crippen molar-refractivity contribution in [1.29, 1.82) is 0 Å². The van der Waals surface area contributed by atoms with Crippen LogP contribution in [0, 0.1) is 29.6 Å². The number of hydrogen-bond donors (Lipinski definition) is 2. The van der Waals surface area contributed by atoms with Crippen molar-refractivity contribution in [2.24, 2.45) is 34.7 Å². The summed E-state index contributed by atoms with van der Waals surface area (Å²) < 4.78 is 5.06. The van der Waals surface area contributed by atoms with Crippen LogP contribution < -0.4 is 0 Å². The number of rotatable bonds is 2. The molecule has 4 aliphatic rings. The van der Waals surface area contributed by atoms with Crippen LogP contribution in [-0.4, -0.2) is 46.8 Å². The number of esters is 1. The van der Waals surface area contributed by atoms with E-state index in [1.54, 1.807) is 6.92 Å². The first-order chi connectivity index (χ1) is 10.1. The van der Waals surface area contributed by atoms with Gasteiger partial charge in [0.2, 0.25) is 0 Å². The van der Waals surface area contributed by atoms with E-state index in [0.717, 1.165) is 6.42 Å². The van der Waals surface area contributed by atoms with Gasteiger partial charge >= 0.3 is 5.97 Å². The molecule has 0 aromatic heterocycles. The maximum atomic E-state index is 12.0. The summed E-state index contributed by atoms with van der Waals surface area (Å²) in [5, 5.41) is 24.6. The van der Waals surface area contributed by atoms with Crippen molar-refractivity contribution >= 4 is 11.7 Å². The summed E-state index contributed by atoms with van der Waals surface area (Å²) in [6, 6.07) is 0. The van der Waals surface area contributed by atoms with E-state index in [9.17, 15) is 15.0 Å². The van der Waals surface area contributed by atoms with Gasteiger partial charge in [-0.3, -0.25) is 0 Å². The van der Waals surface area contributed by atoms with Gasteiger partial charge in [-0.1, -0.05) is 5.16 Å². The van der Waals surface area contributed by atoms with E-state index < -0.39 is 12.1 Å². The zero-order valence-corrected chi connectivity index (χ0v) is 12.0. The molecule has 3 aliphatic carbocycles. The zero-order chi connectivity index (χ0) is 14.7. The van der Waals surface area contributed by atoms with Crippen LogP contribution in [0.4, 0.5) is 0 Å². The molecule has 6 nitrogen and oxygen atoms in total. The van der Waals surface area contributed by atoms with Crippen LogP contribution in [0.2, 0.25) is 0 Å². The van der Waals surface area contributed by atoms with E-state index in [0.29, 0.717) is 25.2 Å². The molecule has 4 rings (SSSR count). The van der Waals surface area contributed by atoms with Crippen LogP contribution in [0.25, 0.3) is 0 Å². The Balaban J connectivity index is 1.62. The molecule has 2 N–H and O–H groups in total. The number of aliphatic hydroxyl groups excluding tert-OH is 2. The van der Waals surface area contributed by atoms with Gasteiger partial charge in [0, 0.05) is 5.92 Å². The van der Waals surface area contributed by atoms with Gasteiger partial charge in [-0.25, -0.2) is 4.79 Å². The smallest absolute Gasteiger partial charge is 0.356 e. The third kappa shape index (κ3) is 1.72. The lowest BCUT2D eigenvalue weighted by molar-refractivity contribution is -0.135. The molecule has 0 radical (unpaired) electrons. The van der Waals surface area contributed by atoms with Crippen LogP contribution in [-0.2, 0) is 14.4 Å². The van der Waals surface area contributed by atoms with E-state index in [1.165, 1.54) is 0 Å². The second-order valence-corrected chi connectivity index (χ2v) is 6.72. The normalized spacial score (nSPS) is 50.1. The molecule has 6 heteroatoms. The third-order valence-electron chi connectivity index (χ3n) is 5.93. The van der Waals surface area contributed by atoms with E-state index in [4.69, 9.17) is 9.57 Å². The Morgan fingerprint density at radius 1 is 1.29 bits per heavy atom. The summed E-state index contributed by atoms with van der Waals surface area (Å²) in [4.78, 5) is 17.5. The van der Waals surface area contributed by atoms with E-state index in [1.807, 2.05) is 0 Å². The third-order valence-corrected chi connectivity index (χ3v) is 5.93. The number of oxime groups is 1. The van der Waals surface area contributed by atoms with Gasteiger partial charge in [0.1, 0.15) is 6.10 Å². The Bertz CT molecular complexity index is 492. The first-order valence-electron chi connectivity index (χ1n) is 7.90. The summed E-state index contributed by atoms with van der Waals surface area (Å²) in [6.45, 7) is 2.08. The molecule has 0 saturated heterocycles.